The number of hydrogen-bond acceptors (Lipinski definition) is 0. The van der Waals surface area contributed by atoms with E-state index in [2.05, 4.69) is 48.5 Å². The van der Waals surface area contributed by atoms with E-state index < -0.39 is 0 Å². The van der Waals surface area contributed by atoms with E-state index in [0.29, 0.717) is 0 Å². The second-order valence-corrected chi connectivity index (χ2v) is 4.52. The van der Waals surface area contributed by atoms with E-state index in [9.17, 15) is 0 Å². The standard InChI is InChI=1S/C16H16/c1-2-8-14-10-4-6-12-16(14)15-11-5-3-9-13(15)7-1/h3-6,9-12H,1-2,7-8H2. The summed E-state index contributed by atoms with van der Waals surface area (Å²) in [6.07, 6.45) is 5.08. The molecule has 0 bridgehead atoms. The highest BCUT2D eigenvalue weighted by atomic mass is 14.2. The van der Waals surface area contributed by atoms with Gasteiger partial charge in [-0.25, -0.2) is 0 Å². The van der Waals surface area contributed by atoms with Gasteiger partial charge in [-0.1, -0.05) is 48.5 Å². The molecule has 0 aromatic heterocycles. The molecule has 0 heteroatoms. The molecule has 0 nitrogen and oxygen atoms in total. The molecule has 0 saturated carbocycles. The molecule has 0 radical (unpaired) electrons. The van der Waals surface area contributed by atoms with E-state index in [1.165, 1.54) is 47.9 Å². The first-order valence-electron chi connectivity index (χ1n) is 6.11. The minimum Gasteiger partial charge on any atom is -0.0620 e. The van der Waals surface area contributed by atoms with Crippen LogP contribution in [0.2, 0.25) is 0 Å². The lowest BCUT2D eigenvalue weighted by atomic mass is 9.88. The molecule has 0 unspecified atom stereocenters. The largest absolute Gasteiger partial charge is 0.0620 e. The van der Waals surface area contributed by atoms with E-state index in [-0.39, 0.29) is 0 Å². The average Bonchev–Trinajstić information content (AvgIpc) is 2.33. The maximum absolute atomic E-state index is 2.28. The number of fused-ring (bicyclic) bond motifs is 3. The summed E-state index contributed by atoms with van der Waals surface area (Å²) in [5.74, 6) is 0. The van der Waals surface area contributed by atoms with Gasteiger partial charge in [-0.15, -0.1) is 0 Å². The van der Waals surface area contributed by atoms with Crippen LogP contribution in [0.15, 0.2) is 48.5 Å². The molecule has 0 fully saturated rings. The van der Waals surface area contributed by atoms with Crippen molar-refractivity contribution in [1.82, 2.24) is 0 Å². The molecule has 0 atom stereocenters. The highest BCUT2D eigenvalue weighted by Gasteiger charge is 2.11. The van der Waals surface area contributed by atoms with Crippen molar-refractivity contribution in [1.29, 1.82) is 0 Å². The number of aryl methyl sites for hydroxylation is 2. The van der Waals surface area contributed by atoms with Gasteiger partial charge in [0.15, 0.2) is 0 Å². The predicted molar refractivity (Wildman–Crippen MR) is 68.5 cm³/mol. The Morgan fingerprint density at radius 2 is 1.00 bits per heavy atom. The number of benzene rings is 2. The summed E-state index contributed by atoms with van der Waals surface area (Å²) in [6, 6.07) is 17.7. The Balaban J connectivity index is 2.22. The molecule has 3 rings (SSSR count). The molecule has 0 N–H and O–H groups in total. The summed E-state index contributed by atoms with van der Waals surface area (Å²) in [5, 5.41) is 0. The van der Waals surface area contributed by atoms with Crippen LogP contribution in [-0.2, 0) is 12.8 Å². The van der Waals surface area contributed by atoms with Crippen molar-refractivity contribution in [2.75, 3.05) is 0 Å². The van der Waals surface area contributed by atoms with Crippen LogP contribution >= 0.6 is 0 Å². The van der Waals surface area contributed by atoms with Gasteiger partial charge in [-0.05, 0) is 47.9 Å². The van der Waals surface area contributed by atoms with Crippen LogP contribution in [0.25, 0.3) is 11.1 Å². The van der Waals surface area contributed by atoms with E-state index in [0.717, 1.165) is 0 Å². The Hall–Kier alpha value is -1.56. The van der Waals surface area contributed by atoms with Crippen molar-refractivity contribution in [2.24, 2.45) is 0 Å². The number of rotatable bonds is 0. The van der Waals surface area contributed by atoms with E-state index in [1.54, 1.807) is 0 Å². The molecule has 0 amide bonds. The van der Waals surface area contributed by atoms with Gasteiger partial charge in [0.25, 0.3) is 0 Å². The van der Waals surface area contributed by atoms with E-state index >= 15 is 0 Å². The third kappa shape index (κ3) is 1.65. The van der Waals surface area contributed by atoms with Crippen LogP contribution in [0.4, 0.5) is 0 Å². The first-order chi connectivity index (χ1) is 7.95. The molecular formula is C16H16. The van der Waals surface area contributed by atoms with Crippen LogP contribution in [0.5, 0.6) is 0 Å². The summed E-state index contributed by atoms with van der Waals surface area (Å²) in [7, 11) is 0. The van der Waals surface area contributed by atoms with Crippen LogP contribution in [-0.4, -0.2) is 0 Å². The van der Waals surface area contributed by atoms with Crippen molar-refractivity contribution in [2.45, 2.75) is 25.7 Å². The second kappa shape index (κ2) is 4.13. The third-order valence-corrected chi connectivity index (χ3v) is 3.47. The van der Waals surface area contributed by atoms with Crippen molar-refractivity contribution in [3.63, 3.8) is 0 Å². The monoisotopic (exact) mass is 208 g/mol. The normalized spacial score (nSPS) is 14.5. The Morgan fingerprint density at radius 3 is 1.50 bits per heavy atom. The molecular weight excluding hydrogens is 192 g/mol. The Labute approximate surface area is 96.9 Å². The molecule has 0 spiro atoms. The van der Waals surface area contributed by atoms with Gasteiger partial charge in [0.1, 0.15) is 0 Å². The Bertz CT molecular complexity index is 449. The lowest BCUT2D eigenvalue weighted by Gasteiger charge is -2.17. The summed E-state index contributed by atoms with van der Waals surface area (Å²) in [4.78, 5) is 0. The smallest absolute Gasteiger partial charge is 0.0149 e. The quantitative estimate of drug-likeness (QED) is 0.607. The molecule has 0 heterocycles. The topological polar surface area (TPSA) is 0 Å². The van der Waals surface area contributed by atoms with Gasteiger partial charge in [0, 0.05) is 0 Å². The van der Waals surface area contributed by atoms with Gasteiger partial charge < -0.3 is 0 Å². The van der Waals surface area contributed by atoms with Crippen molar-refractivity contribution in [3.8, 4) is 11.1 Å². The molecule has 0 aliphatic heterocycles. The minimum absolute atomic E-state index is 1.23. The molecule has 1 aliphatic rings. The lowest BCUT2D eigenvalue weighted by Crippen LogP contribution is -1.99. The maximum Gasteiger partial charge on any atom is -0.0149 e. The zero-order valence-corrected chi connectivity index (χ0v) is 9.45. The summed E-state index contributed by atoms with van der Waals surface area (Å²) in [6.45, 7) is 0. The third-order valence-electron chi connectivity index (χ3n) is 3.47. The Morgan fingerprint density at radius 1 is 0.562 bits per heavy atom. The molecule has 80 valence electrons. The minimum atomic E-state index is 1.23. The summed E-state index contributed by atoms with van der Waals surface area (Å²) < 4.78 is 0. The molecule has 1 aliphatic carbocycles. The van der Waals surface area contributed by atoms with Gasteiger partial charge >= 0.3 is 0 Å². The van der Waals surface area contributed by atoms with Crippen molar-refractivity contribution in [3.05, 3.63) is 59.7 Å². The highest BCUT2D eigenvalue weighted by Crippen LogP contribution is 2.31. The predicted octanol–water partition coefficient (Wildman–Crippen LogP) is 4.23. The first kappa shape index (κ1) is 9.65. The fourth-order valence-electron chi connectivity index (χ4n) is 2.63. The molecule has 2 aromatic rings. The molecule has 16 heavy (non-hydrogen) atoms. The van der Waals surface area contributed by atoms with Gasteiger partial charge in [-0.3, -0.25) is 0 Å². The molecule has 0 saturated heterocycles. The van der Waals surface area contributed by atoms with Gasteiger partial charge in [0.05, 0.1) is 0 Å². The maximum atomic E-state index is 2.28. The van der Waals surface area contributed by atoms with Crippen molar-refractivity contribution < 1.29 is 0 Å². The fourth-order valence-corrected chi connectivity index (χ4v) is 2.63. The van der Waals surface area contributed by atoms with Crippen LogP contribution in [0.1, 0.15) is 24.0 Å². The Kier molecular flexibility index (Phi) is 2.49. The van der Waals surface area contributed by atoms with Crippen LogP contribution in [0, 0.1) is 0 Å². The zero-order chi connectivity index (χ0) is 10.8. The summed E-state index contributed by atoms with van der Waals surface area (Å²) in [5.41, 5.74) is 5.90. The van der Waals surface area contributed by atoms with Gasteiger partial charge in [-0.2, -0.15) is 0 Å². The zero-order valence-electron chi connectivity index (χ0n) is 9.45. The average molecular weight is 208 g/mol. The van der Waals surface area contributed by atoms with E-state index in [1.807, 2.05) is 0 Å². The van der Waals surface area contributed by atoms with E-state index in [4.69, 9.17) is 0 Å². The fraction of sp³-hybridized carbons (Fsp3) is 0.250. The highest BCUT2D eigenvalue weighted by molar-refractivity contribution is 5.71. The lowest BCUT2D eigenvalue weighted by molar-refractivity contribution is 0.729. The summed E-state index contributed by atoms with van der Waals surface area (Å²) >= 11 is 0. The SMILES string of the molecule is c1ccc2c(c1)CCCCc1ccccc1-2. The first-order valence-corrected chi connectivity index (χ1v) is 6.11. The van der Waals surface area contributed by atoms with Crippen LogP contribution < -0.4 is 0 Å². The van der Waals surface area contributed by atoms with Gasteiger partial charge in [0.2, 0.25) is 0 Å². The van der Waals surface area contributed by atoms with Crippen LogP contribution in [0.3, 0.4) is 0 Å². The van der Waals surface area contributed by atoms with Crippen molar-refractivity contribution >= 4 is 0 Å². The second-order valence-electron chi connectivity index (χ2n) is 4.52. The number of hydrogen-bond donors (Lipinski definition) is 0. The molecule has 2 aromatic carbocycles.